The SMILES string of the molecule is CSCCCN1CCC2(CC1)CCN(C(=O)c1cc(C)on1)CC2CO. The topological polar surface area (TPSA) is 69.8 Å². The molecule has 3 rings (SSSR count). The number of aromatic nitrogens is 1. The van der Waals surface area contributed by atoms with Crippen molar-refractivity contribution in [3.63, 3.8) is 0 Å². The van der Waals surface area contributed by atoms with Gasteiger partial charge in [0.1, 0.15) is 5.76 Å². The van der Waals surface area contributed by atoms with Gasteiger partial charge in [0.05, 0.1) is 0 Å². The molecule has 1 aromatic heterocycles. The highest BCUT2D eigenvalue weighted by Crippen LogP contribution is 2.45. The number of hydrogen-bond acceptors (Lipinski definition) is 6. The molecule has 0 bridgehead atoms. The lowest BCUT2D eigenvalue weighted by molar-refractivity contribution is -0.0352. The molecule has 26 heavy (non-hydrogen) atoms. The van der Waals surface area contributed by atoms with Gasteiger partial charge < -0.3 is 19.4 Å². The lowest BCUT2D eigenvalue weighted by atomic mass is 9.64. The van der Waals surface area contributed by atoms with Gasteiger partial charge in [0.25, 0.3) is 5.91 Å². The summed E-state index contributed by atoms with van der Waals surface area (Å²) in [5, 5.41) is 13.9. The maximum Gasteiger partial charge on any atom is 0.276 e. The van der Waals surface area contributed by atoms with Crippen LogP contribution in [0.3, 0.4) is 0 Å². The zero-order valence-electron chi connectivity index (χ0n) is 15.9. The summed E-state index contributed by atoms with van der Waals surface area (Å²) in [5.41, 5.74) is 0.556. The number of hydrogen-bond donors (Lipinski definition) is 1. The summed E-state index contributed by atoms with van der Waals surface area (Å²) in [6.45, 7) is 6.70. The number of carbonyl (C=O) groups excluding carboxylic acids is 1. The molecule has 0 aromatic carbocycles. The highest BCUT2D eigenvalue weighted by Gasteiger charge is 2.45. The third kappa shape index (κ3) is 4.26. The van der Waals surface area contributed by atoms with E-state index >= 15 is 0 Å². The lowest BCUT2D eigenvalue weighted by Crippen LogP contribution is -2.54. The average molecular weight is 382 g/mol. The van der Waals surface area contributed by atoms with Crippen molar-refractivity contribution in [1.82, 2.24) is 15.0 Å². The molecular formula is C19H31N3O3S. The number of aliphatic hydroxyl groups is 1. The minimum atomic E-state index is -0.0790. The van der Waals surface area contributed by atoms with Crippen LogP contribution in [0.2, 0.25) is 0 Å². The number of amides is 1. The van der Waals surface area contributed by atoms with E-state index in [1.165, 1.54) is 18.7 Å². The van der Waals surface area contributed by atoms with E-state index in [-0.39, 0.29) is 23.8 Å². The minimum Gasteiger partial charge on any atom is -0.396 e. The van der Waals surface area contributed by atoms with Crippen molar-refractivity contribution in [3.05, 3.63) is 17.5 Å². The highest BCUT2D eigenvalue weighted by atomic mass is 32.2. The summed E-state index contributed by atoms with van der Waals surface area (Å²) >= 11 is 1.91. The zero-order chi connectivity index (χ0) is 18.6. The predicted octanol–water partition coefficient (Wildman–Crippen LogP) is 2.27. The van der Waals surface area contributed by atoms with Crippen molar-refractivity contribution < 1.29 is 14.4 Å². The number of piperidine rings is 2. The number of nitrogens with zero attached hydrogens (tertiary/aromatic N) is 3. The van der Waals surface area contributed by atoms with Gasteiger partial charge in [-0.15, -0.1) is 0 Å². The fourth-order valence-electron chi connectivity index (χ4n) is 4.49. The van der Waals surface area contributed by atoms with Crippen LogP contribution in [0.5, 0.6) is 0 Å². The molecule has 2 saturated heterocycles. The third-order valence-corrected chi connectivity index (χ3v) is 6.91. The standard InChI is InChI=1S/C19H31N3O3S/c1-15-12-17(20-25-15)18(24)22-10-6-19(16(13-22)14-23)4-8-21(9-5-19)7-3-11-26-2/h12,16,23H,3-11,13-14H2,1-2H3. The van der Waals surface area contributed by atoms with Crippen LogP contribution >= 0.6 is 11.8 Å². The van der Waals surface area contributed by atoms with Crippen molar-refractivity contribution in [2.75, 3.05) is 51.3 Å². The van der Waals surface area contributed by atoms with E-state index in [4.69, 9.17) is 4.52 Å². The van der Waals surface area contributed by atoms with E-state index in [0.29, 0.717) is 18.0 Å². The van der Waals surface area contributed by atoms with Crippen molar-refractivity contribution in [2.45, 2.75) is 32.6 Å². The van der Waals surface area contributed by atoms with Crippen LogP contribution in [-0.2, 0) is 0 Å². The molecule has 0 aliphatic carbocycles. The zero-order valence-corrected chi connectivity index (χ0v) is 16.8. The van der Waals surface area contributed by atoms with Gasteiger partial charge in [0.2, 0.25) is 0 Å². The Labute approximate surface area is 160 Å². The molecule has 0 radical (unpaired) electrons. The first kappa shape index (κ1) is 19.7. The molecule has 0 saturated carbocycles. The van der Waals surface area contributed by atoms with E-state index < -0.39 is 0 Å². The van der Waals surface area contributed by atoms with E-state index in [1.807, 2.05) is 16.7 Å². The summed E-state index contributed by atoms with van der Waals surface area (Å²) < 4.78 is 5.04. The lowest BCUT2D eigenvalue weighted by Gasteiger charge is -2.51. The number of rotatable bonds is 6. The molecule has 7 heteroatoms. The Balaban J connectivity index is 1.57. The molecule has 2 aliphatic heterocycles. The maximum absolute atomic E-state index is 12.7. The second-order valence-electron chi connectivity index (χ2n) is 7.75. The number of likely N-dealkylation sites (tertiary alicyclic amines) is 2. The molecule has 1 aromatic rings. The fourth-order valence-corrected chi connectivity index (χ4v) is 4.91. The second kappa shape index (κ2) is 8.76. The van der Waals surface area contributed by atoms with Crippen molar-refractivity contribution in [3.8, 4) is 0 Å². The average Bonchev–Trinajstić information content (AvgIpc) is 3.10. The Morgan fingerprint density at radius 2 is 2.12 bits per heavy atom. The monoisotopic (exact) mass is 381 g/mol. The van der Waals surface area contributed by atoms with Gasteiger partial charge in [-0.2, -0.15) is 11.8 Å². The molecule has 6 nitrogen and oxygen atoms in total. The first-order chi connectivity index (χ1) is 12.6. The number of carbonyl (C=O) groups is 1. The summed E-state index contributed by atoms with van der Waals surface area (Å²) in [4.78, 5) is 17.1. The highest BCUT2D eigenvalue weighted by molar-refractivity contribution is 7.98. The van der Waals surface area contributed by atoms with Gasteiger partial charge in [0.15, 0.2) is 5.69 Å². The van der Waals surface area contributed by atoms with Gasteiger partial charge in [-0.1, -0.05) is 5.16 Å². The molecule has 3 heterocycles. The van der Waals surface area contributed by atoms with E-state index in [2.05, 4.69) is 16.3 Å². The summed E-state index contributed by atoms with van der Waals surface area (Å²) in [5.74, 6) is 1.94. The summed E-state index contributed by atoms with van der Waals surface area (Å²) in [6, 6.07) is 1.69. The molecular weight excluding hydrogens is 350 g/mol. The van der Waals surface area contributed by atoms with Crippen LogP contribution in [0.4, 0.5) is 0 Å². The number of thioether (sulfide) groups is 1. The van der Waals surface area contributed by atoms with Crippen LogP contribution < -0.4 is 0 Å². The number of aliphatic hydroxyl groups excluding tert-OH is 1. The van der Waals surface area contributed by atoms with Crippen LogP contribution in [-0.4, -0.2) is 77.3 Å². The van der Waals surface area contributed by atoms with E-state index in [0.717, 1.165) is 38.9 Å². The van der Waals surface area contributed by atoms with Gasteiger partial charge >= 0.3 is 0 Å². The maximum atomic E-state index is 12.7. The van der Waals surface area contributed by atoms with Gasteiger partial charge in [-0.3, -0.25) is 4.79 Å². The quantitative estimate of drug-likeness (QED) is 0.763. The van der Waals surface area contributed by atoms with Crippen molar-refractivity contribution >= 4 is 17.7 Å². The third-order valence-electron chi connectivity index (χ3n) is 6.22. The minimum absolute atomic E-state index is 0.0790. The fraction of sp³-hybridized carbons (Fsp3) is 0.789. The Bertz CT molecular complexity index is 599. The van der Waals surface area contributed by atoms with Crippen LogP contribution in [0.15, 0.2) is 10.6 Å². The number of aryl methyl sites for hydroxylation is 1. The van der Waals surface area contributed by atoms with Crippen LogP contribution in [0.1, 0.15) is 41.9 Å². The van der Waals surface area contributed by atoms with Crippen molar-refractivity contribution in [1.29, 1.82) is 0 Å². The Morgan fingerprint density at radius 3 is 2.73 bits per heavy atom. The largest absolute Gasteiger partial charge is 0.396 e. The van der Waals surface area contributed by atoms with Gasteiger partial charge in [0, 0.05) is 31.7 Å². The molecule has 1 amide bonds. The smallest absolute Gasteiger partial charge is 0.276 e. The Morgan fingerprint density at radius 1 is 1.38 bits per heavy atom. The second-order valence-corrected chi connectivity index (χ2v) is 8.74. The molecule has 1 atom stereocenters. The Kier molecular flexibility index (Phi) is 6.64. The molecule has 1 spiro atoms. The van der Waals surface area contributed by atoms with Crippen LogP contribution in [0.25, 0.3) is 0 Å². The summed E-state index contributed by atoms with van der Waals surface area (Å²) in [6.07, 6.45) is 6.63. The first-order valence-electron chi connectivity index (χ1n) is 9.63. The van der Waals surface area contributed by atoms with Crippen LogP contribution in [0, 0.1) is 18.3 Å². The predicted molar refractivity (Wildman–Crippen MR) is 103 cm³/mol. The molecule has 1 unspecified atom stereocenters. The van der Waals surface area contributed by atoms with E-state index in [1.54, 1.807) is 13.0 Å². The summed E-state index contributed by atoms with van der Waals surface area (Å²) in [7, 11) is 0. The molecule has 146 valence electrons. The van der Waals surface area contributed by atoms with Crippen molar-refractivity contribution in [2.24, 2.45) is 11.3 Å². The molecule has 2 fully saturated rings. The molecule has 2 aliphatic rings. The first-order valence-corrected chi connectivity index (χ1v) is 11.0. The molecule has 1 N–H and O–H groups in total. The van der Waals surface area contributed by atoms with Gasteiger partial charge in [-0.05, 0) is 69.7 Å². The normalized spacial score (nSPS) is 23.5. The van der Waals surface area contributed by atoms with Gasteiger partial charge in [-0.25, -0.2) is 0 Å². The Hall–Kier alpha value is -1.05. The van der Waals surface area contributed by atoms with E-state index in [9.17, 15) is 9.90 Å².